The van der Waals surface area contributed by atoms with E-state index in [4.69, 9.17) is 4.74 Å². The number of aromatic nitrogens is 2. The SMILES string of the molecule is CCNC(=NCc1cn2cc(Br)ccc2n1)NCCOC.I. The maximum atomic E-state index is 5.02. The van der Waals surface area contributed by atoms with Gasteiger partial charge in [-0.15, -0.1) is 24.0 Å². The van der Waals surface area contributed by atoms with Gasteiger partial charge in [-0.1, -0.05) is 0 Å². The van der Waals surface area contributed by atoms with Gasteiger partial charge < -0.3 is 19.8 Å². The number of hydrogen-bond donors (Lipinski definition) is 2. The fraction of sp³-hybridized carbons (Fsp3) is 0.429. The van der Waals surface area contributed by atoms with E-state index in [-0.39, 0.29) is 24.0 Å². The van der Waals surface area contributed by atoms with E-state index in [0.29, 0.717) is 13.2 Å². The van der Waals surface area contributed by atoms with Gasteiger partial charge >= 0.3 is 0 Å². The van der Waals surface area contributed by atoms with Crippen LogP contribution in [0.1, 0.15) is 12.6 Å². The van der Waals surface area contributed by atoms with Crippen molar-refractivity contribution >= 4 is 51.5 Å². The molecule has 2 rings (SSSR count). The van der Waals surface area contributed by atoms with Gasteiger partial charge in [-0.25, -0.2) is 9.98 Å². The van der Waals surface area contributed by atoms with Crippen molar-refractivity contribution < 1.29 is 4.74 Å². The first-order valence-corrected chi connectivity index (χ1v) is 7.66. The summed E-state index contributed by atoms with van der Waals surface area (Å²) in [5, 5.41) is 6.40. The lowest BCUT2D eigenvalue weighted by atomic mass is 10.5. The molecule has 0 amide bonds. The Morgan fingerprint density at radius 3 is 2.91 bits per heavy atom. The van der Waals surface area contributed by atoms with Crippen molar-refractivity contribution in [3.8, 4) is 0 Å². The molecule has 0 aliphatic carbocycles. The van der Waals surface area contributed by atoms with E-state index in [1.807, 2.05) is 35.9 Å². The number of guanidine groups is 1. The monoisotopic (exact) mass is 481 g/mol. The van der Waals surface area contributed by atoms with Gasteiger partial charge in [-0.3, -0.25) is 0 Å². The Morgan fingerprint density at radius 1 is 1.36 bits per heavy atom. The predicted molar refractivity (Wildman–Crippen MR) is 103 cm³/mol. The standard InChI is InChI=1S/C14H20BrN5O.HI/c1-3-16-14(17-6-7-21-2)18-8-12-10-20-9-11(15)4-5-13(20)19-12;/h4-5,9-10H,3,6-8H2,1-2H3,(H2,16,17,18);1H. The first-order valence-electron chi connectivity index (χ1n) is 6.87. The van der Waals surface area contributed by atoms with Gasteiger partial charge in [-0.05, 0) is 35.0 Å². The molecule has 22 heavy (non-hydrogen) atoms. The number of rotatable bonds is 6. The number of nitrogens with zero attached hydrogens (tertiary/aromatic N) is 3. The van der Waals surface area contributed by atoms with Gasteiger partial charge in [0.15, 0.2) is 5.96 Å². The molecule has 0 saturated carbocycles. The van der Waals surface area contributed by atoms with Crippen LogP contribution in [0, 0.1) is 0 Å². The van der Waals surface area contributed by atoms with E-state index in [9.17, 15) is 0 Å². The maximum absolute atomic E-state index is 5.02. The third-order valence-electron chi connectivity index (χ3n) is 2.81. The summed E-state index contributed by atoms with van der Waals surface area (Å²) in [4.78, 5) is 9.06. The lowest BCUT2D eigenvalue weighted by Crippen LogP contribution is -2.38. The Balaban J connectivity index is 0.00000242. The molecule has 0 radical (unpaired) electrons. The Hall–Kier alpha value is -0.870. The van der Waals surface area contributed by atoms with Crippen LogP contribution in [0.2, 0.25) is 0 Å². The van der Waals surface area contributed by atoms with E-state index in [1.165, 1.54) is 0 Å². The zero-order valence-electron chi connectivity index (χ0n) is 12.7. The smallest absolute Gasteiger partial charge is 0.191 e. The zero-order chi connectivity index (χ0) is 15.1. The highest BCUT2D eigenvalue weighted by atomic mass is 127. The van der Waals surface area contributed by atoms with Crippen molar-refractivity contribution in [3.05, 3.63) is 34.7 Å². The van der Waals surface area contributed by atoms with Crippen molar-refractivity contribution in [2.24, 2.45) is 4.99 Å². The van der Waals surface area contributed by atoms with Crippen LogP contribution in [0.25, 0.3) is 5.65 Å². The molecule has 122 valence electrons. The number of ether oxygens (including phenoxy) is 1. The number of imidazole rings is 1. The van der Waals surface area contributed by atoms with E-state index in [1.54, 1.807) is 7.11 Å². The molecule has 2 heterocycles. The summed E-state index contributed by atoms with van der Waals surface area (Å²) in [5.41, 5.74) is 1.85. The predicted octanol–water partition coefficient (Wildman–Crippen LogP) is 2.42. The molecule has 2 aromatic rings. The minimum Gasteiger partial charge on any atom is -0.383 e. The van der Waals surface area contributed by atoms with Gasteiger partial charge in [0.2, 0.25) is 0 Å². The van der Waals surface area contributed by atoms with Crippen LogP contribution in [0.15, 0.2) is 34.0 Å². The summed E-state index contributed by atoms with van der Waals surface area (Å²) < 4.78 is 8.03. The molecule has 6 nitrogen and oxygen atoms in total. The average Bonchev–Trinajstić information content (AvgIpc) is 2.87. The molecular weight excluding hydrogens is 461 g/mol. The fourth-order valence-corrected chi connectivity index (χ4v) is 2.22. The highest BCUT2D eigenvalue weighted by Crippen LogP contribution is 2.12. The van der Waals surface area contributed by atoms with Crippen molar-refractivity contribution in [1.82, 2.24) is 20.0 Å². The number of nitrogens with one attached hydrogen (secondary N) is 2. The third kappa shape index (κ3) is 5.73. The molecule has 0 bridgehead atoms. The molecule has 2 aromatic heterocycles. The topological polar surface area (TPSA) is 63.0 Å². The summed E-state index contributed by atoms with van der Waals surface area (Å²) in [6.07, 6.45) is 3.97. The quantitative estimate of drug-likeness (QED) is 0.288. The van der Waals surface area contributed by atoms with Crippen molar-refractivity contribution in [2.45, 2.75) is 13.5 Å². The first kappa shape index (κ1) is 19.2. The second-order valence-electron chi connectivity index (χ2n) is 4.46. The van der Waals surface area contributed by atoms with Crippen LogP contribution >= 0.6 is 39.9 Å². The van der Waals surface area contributed by atoms with Gasteiger partial charge in [0.25, 0.3) is 0 Å². The van der Waals surface area contributed by atoms with Crippen LogP contribution in [-0.4, -0.2) is 42.2 Å². The van der Waals surface area contributed by atoms with Crippen molar-refractivity contribution in [1.29, 1.82) is 0 Å². The molecule has 8 heteroatoms. The number of pyridine rings is 1. The van der Waals surface area contributed by atoms with Crippen LogP contribution < -0.4 is 10.6 Å². The number of methoxy groups -OCH3 is 1. The second-order valence-corrected chi connectivity index (χ2v) is 5.38. The summed E-state index contributed by atoms with van der Waals surface area (Å²) in [7, 11) is 1.68. The molecule has 0 fully saturated rings. The molecule has 0 aromatic carbocycles. The van der Waals surface area contributed by atoms with E-state index < -0.39 is 0 Å². The van der Waals surface area contributed by atoms with Crippen molar-refractivity contribution in [3.63, 3.8) is 0 Å². The van der Waals surface area contributed by atoms with E-state index in [0.717, 1.165) is 34.9 Å². The zero-order valence-corrected chi connectivity index (χ0v) is 16.6. The fourth-order valence-electron chi connectivity index (χ4n) is 1.87. The minimum atomic E-state index is 0. The summed E-state index contributed by atoms with van der Waals surface area (Å²) in [5.74, 6) is 0.771. The van der Waals surface area contributed by atoms with Gasteiger partial charge in [0.1, 0.15) is 5.65 Å². The largest absolute Gasteiger partial charge is 0.383 e. The van der Waals surface area contributed by atoms with Crippen LogP contribution in [-0.2, 0) is 11.3 Å². The highest BCUT2D eigenvalue weighted by molar-refractivity contribution is 14.0. The number of aliphatic imine (C=N–C) groups is 1. The normalized spacial score (nSPS) is 11.3. The molecule has 0 spiro atoms. The van der Waals surface area contributed by atoms with Crippen LogP contribution in [0.3, 0.4) is 0 Å². The molecular formula is C14H21BrIN5O. The molecule has 0 atom stereocenters. The van der Waals surface area contributed by atoms with Crippen LogP contribution in [0.5, 0.6) is 0 Å². The maximum Gasteiger partial charge on any atom is 0.191 e. The molecule has 0 saturated heterocycles. The molecule has 0 aliphatic rings. The van der Waals surface area contributed by atoms with Gasteiger partial charge in [-0.2, -0.15) is 0 Å². The second kappa shape index (κ2) is 10.0. The highest BCUT2D eigenvalue weighted by Gasteiger charge is 2.02. The van der Waals surface area contributed by atoms with Crippen molar-refractivity contribution in [2.75, 3.05) is 26.8 Å². The third-order valence-corrected chi connectivity index (χ3v) is 3.28. The van der Waals surface area contributed by atoms with Gasteiger partial charge in [0, 0.05) is 37.1 Å². The number of halogens is 2. The Labute approximate surface area is 155 Å². The lowest BCUT2D eigenvalue weighted by molar-refractivity contribution is 0.203. The Bertz CT molecular complexity index is 616. The molecule has 0 unspecified atom stereocenters. The number of hydrogen-bond acceptors (Lipinski definition) is 3. The van der Waals surface area contributed by atoms with E-state index in [2.05, 4.69) is 36.5 Å². The lowest BCUT2D eigenvalue weighted by Gasteiger charge is -2.10. The van der Waals surface area contributed by atoms with E-state index >= 15 is 0 Å². The Morgan fingerprint density at radius 2 is 2.18 bits per heavy atom. The molecule has 0 aliphatic heterocycles. The first-order chi connectivity index (χ1) is 10.2. The summed E-state index contributed by atoms with van der Waals surface area (Å²) in [6.45, 7) is 4.75. The van der Waals surface area contributed by atoms with Crippen LogP contribution in [0.4, 0.5) is 0 Å². The number of fused-ring (bicyclic) bond motifs is 1. The summed E-state index contributed by atoms with van der Waals surface area (Å²) in [6, 6.07) is 3.95. The average molecular weight is 482 g/mol. The Kier molecular flexibility index (Phi) is 8.72. The summed E-state index contributed by atoms with van der Waals surface area (Å²) >= 11 is 3.45. The van der Waals surface area contributed by atoms with Gasteiger partial charge in [0.05, 0.1) is 18.8 Å². The minimum absolute atomic E-state index is 0. The molecule has 2 N–H and O–H groups in total.